The lowest BCUT2D eigenvalue weighted by Gasteiger charge is -2.06. The van der Waals surface area contributed by atoms with Crippen molar-refractivity contribution in [2.24, 2.45) is 0 Å². The summed E-state index contributed by atoms with van der Waals surface area (Å²) in [6.45, 7) is 0. The van der Waals surface area contributed by atoms with Gasteiger partial charge in [-0.2, -0.15) is 0 Å². The average molecular weight is 268 g/mol. The van der Waals surface area contributed by atoms with Crippen LogP contribution in [0.15, 0.2) is 36.4 Å². The van der Waals surface area contributed by atoms with Crippen LogP contribution in [0.25, 0.3) is 11.1 Å². The number of carboxylic acids is 2. The van der Waals surface area contributed by atoms with E-state index in [1.165, 1.54) is 6.07 Å². The van der Waals surface area contributed by atoms with Crippen molar-refractivity contribution in [3.63, 3.8) is 0 Å². The molecule has 0 atom stereocenters. The van der Waals surface area contributed by atoms with Crippen molar-refractivity contribution in [3.8, 4) is 11.1 Å². The third-order valence-corrected chi connectivity index (χ3v) is 3.30. The third-order valence-electron chi connectivity index (χ3n) is 3.30. The Morgan fingerprint density at radius 3 is 2.10 bits per heavy atom. The Morgan fingerprint density at radius 1 is 0.850 bits per heavy atom. The van der Waals surface area contributed by atoms with E-state index in [4.69, 9.17) is 5.11 Å². The summed E-state index contributed by atoms with van der Waals surface area (Å²) in [5.74, 6) is -2.87. The highest BCUT2D eigenvalue weighted by molar-refractivity contribution is 6.24. The first-order valence-electron chi connectivity index (χ1n) is 5.79. The number of ketones is 1. The molecule has 0 amide bonds. The first-order chi connectivity index (χ1) is 9.50. The molecular formula is C15H8O5. The van der Waals surface area contributed by atoms with Crippen LogP contribution >= 0.6 is 0 Å². The minimum Gasteiger partial charge on any atom is -0.478 e. The van der Waals surface area contributed by atoms with Crippen LogP contribution < -0.4 is 0 Å². The molecular weight excluding hydrogens is 260 g/mol. The summed E-state index contributed by atoms with van der Waals surface area (Å²) in [6.07, 6.45) is 0. The fourth-order valence-electron chi connectivity index (χ4n) is 2.45. The fourth-order valence-corrected chi connectivity index (χ4v) is 2.45. The van der Waals surface area contributed by atoms with Gasteiger partial charge in [-0.1, -0.05) is 24.3 Å². The van der Waals surface area contributed by atoms with Crippen molar-refractivity contribution >= 4 is 17.7 Å². The van der Waals surface area contributed by atoms with Crippen molar-refractivity contribution in [2.75, 3.05) is 0 Å². The largest absolute Gasteiger partial charge is 0.478 e. The summed E-state index contributed by atoms with van der Waals surface area (Å²) in [5, 5.41) is 18.3. The van der Waals surface area contributed by atoms with Crippen molar-refractivity contribution < 1.29 is 24.6 Å². The van der Waals surface area contributed by atoms with E-state index in [1.54, 1.807) is 24.3 Å². The van der Waals surface area contributed by atoms with E-state index >= 15 is 0 Å². The van der Waals surface area contributed by atoms with E-state index in [2.05, 4.69) is 0 Å². The first kappa shape index (κ1) is 12.1. The number of carboxylic acid groups (broad SMARTS) is 2. The number of hydrogen-bond donors (Lipinski definition) is 2. The molecule has 5 heteroatoms. The second-order valence-corrected chi connectivity index (χ2v) is 4.43. The molecule has 98 valence electrons. The van der Waals surface area contributed by atoms with E-state index in [9.17, 15) is 19.5 Å². The van der Waals surface area contributed by atoms with Gasteiger partial charge in [0, 0.05) is 16.7 Å². The number of hydrogen-bond acceptors (Lipinski definition) is 3. The molecule has 0 aliphatic heterocycles. The predicted octanol–water partition coefficient (Wildman–Crippen LogP) is 2.29. The van der Waals surface area contributed by atoms with Crippen LogP contribution in [-0.2, 0) is 0 Å². The summed E-state index contributed by atoms with van der Waals surface area (Å²) in [4.78, 5) is 34.7. The Kier molecular flexibility index (Phi) is 2.44. The zero-order valence-corrected chi connectivity index (χ0v) is 10.1. The van der Waals surface area contributed by atoms with Crippen molar-refractivity contribution in [2.45, 2.75) is 0 Å². The summed E-state index contributed by atoms with van der Waals surface area (Å²) in [6, 6.07) is 8.96. The minimum atomic E-state index is -1.26. The quantitative estimate of drug-likeness (QED) is 0.744. The fraction of sp³-hybridized carbons (Fsp3) is 0. The number of carbonyl (C=O) groups excluding carboxylic acids is 1. The highest BCUT2D eigenvalue weighted by Gasteiger charge is 2.31. The molecule has 0 aromatic heterocycles. The smallest absolute Gasteiger partial charge is 0.336 e. The molecule has 2 aromatic carbocycles. The second-order valence-electron chi connectivity index (χ2n) is 4.43. The lowest BCUT2D eigenvalue weighted by Crippen LogP contribution is -2.06. The predicted molar refractivity (Wildman–Crippen MR) is 69.2 cm³/mol. The summed E-state index contributed by atoms with van der Waals surface area (Å²) in [5.41, 5.74) is 0.974. The molecule has 2 N–H and O–H groups in total. The van der Waals surface area contributed by atoms with Gasteiger partial charge in [0.25, 0.3) is 0 Å². The number of benzene rings is 2. The Hall–Kier alpha value is -2.95. The van der Waals surface area contributed by atoms with Crippen molar-refractivity contribution in [1.82, 2.24) is 0 Å². The Bertz CT molecular complexity index is 789. The van der Waals surface area contributed by atoms with Gasteiger partial charge in [0.1, 0.15) is 0 Å². The minimum absolute atomic E-state index is 0.128. The standard InChI is InChI=1S/C15H8O5/c16-13-9-4-2-1-3-8(9)12-10(13)5-7(14(17)18)6-11(12)15(19)20/h1-6H,(H,17,18)(H,19,20). The zero-order chi connectivity index (χ0) is 14.4. The second kappa shape index (κ2) is 4.03. The molecule has 5 nitrogen and oxygen atoms in total. The molecule has 0 saturated carbocycles. The van der Waals surface area contributed by atoms with E-state index in [0.29, 0.717) is 16.7 Å². The Balaban J connectivity index is 2.41. The molecule has 0 bridgehead atoms. The molecule has 0 unspecified atom stereocenters. The summed E-state index contributed by atoms with van der Waals surface area (Å²) in [7, 11) is 0. The number of carbonyl (C=O) groups is 3. The maximum absolute atomic E-state index is 12.3. The zero-order valence-electron chi connectivity index (χ0n) is 10.1. The number of fused-ring (bicyclic) bond motifs is 3. The first-order valence-corrected chi connectivity index (χ1v) is 5.79. The van der Waals surface area contributed by atoms with Crippen LogP contribution in [0.5, 0.6) is 0 Å². The van der Waals surface area contributed by atoms with Gasteiger partial charge in [0.05, 0.1) is 11.1 Å². The van der Waals surface area contributed by atoms with Crippen LogP contribution in [0.4, 0.5) is 0 Å². The topological polar surface area (TPSA) is 91.7 Å². The van der Waals surface area contributed by atoms with Gasteiger partial charge < -0.3 is 10.2 Å². The Labute approximate surface area is 113 Å². The van der Waals surface area contributed by atoms with Crippen molar-refractivity contribution in [3.05, 3.63) is 58.7 Å². The van der Waals surface area contributed by atoms with Crippen LogP contribution in [0, 0.1) is 0 Å². The SMILES string of the molecule is O=C(O)c1cc(C(=O)O)c2c(c1)C(=O)c1ccccc1-2. The molecule has 0 spiro atoms. The van der Waals surface area contributed by atoms with Gasteiger partial charge in [-0.3, -0.25) is 4.79 Å². The molecule has 0 fully saturated rings. The molecule has 3 rings (SSSR count). The van der Waals surface area contributed by atoms with E-state index in [0.717, 1.165) is 6.07 Å². The normalized spacial score (nSPS) is 11.9. The van der Waals surface area contributed by atoms with Crippen LogP contribution in [0.2, 0.25) is 0 Å². The highest BCUT2D eigenvalue weighted by atomic mass is 16.4. The van der Waals surface area contributed by atoms with E-state index < -0.39 is 11.9 Å². The number of rotatable bonds is 2. The molecule has 20 heavy (non-hydrogen) atoms. The molecule has 2 aromatic rings. The van der Waals surface area contributed by atoms with Crippen LogP contribution in [0.3, 0.4) is 0 Å². The van der Waals surface area contributed by atoms with Gasteiger partial charge >= 0.3 is 11.9 Å². The molecule has 0 radical (unpaired) electrons. The molecule has 0 saturated heterocycles. The Morgan fingerprint density at radius 2 is 1.50 bits per heavy atom. The maximum atomic E-state index is 12.3. The lowest BCUT2D eigenvalue weighted by atomic mass is 9.96. The third kappa shape index (κ3) is 1.53. The van der Waals surface area contributed by atoms with E-state index in [1.807, 2.05) is 0 Å². The molecule has 1 aliphatic rings. The van der Waals surface area contributed by atoms with Gasteiger partial charge in [-0.25, -0.2) is 9.59 Å². The van der Waals surface area contributed by atoms with Gasteiger partial charge in [-0.05, 0) is 17.7 Å². The summed E-state index contributed by atoms with van der Waals surface area (Å²) >= 11 is 0. The van der Waals surface area contributed by atoms with Gasteiger partial charge in [0.15, 0.2) is 5.78 Å². The lowest BCUT2D eigenvalue weighted by molar-refractivity contribution is 0.0696. The van der Waals surface area contributed by atoms with E-state index in [-0.39, 0.29) is 22.5 Å². The number of aromatic carboxylic acids is 2. The van der Waals surface area contributed by atoms with Crippen LogP contribution in [0.1, 0.15) is 36.6 Å². The van der Waals surface area contributed by atoms with Crippen LogP contribution in [-0.4, -0.2) is 27.9 Å². The monoisotopic (exact) mass is 268 g/mol. The average Bonchev–Trinajstić information content (AvgIpc) is 2.72. The van der Waals surface area contributed by atoms with Gasteiger partial charge in [-0.15, -0.1) is 0 Å². The van der Waals surface area contributed by atoms with Crippen molar-refractivity contribution in [1.29, 1.82) is 0 Å². The molecule has 0 heterocycles. The highest BCUT2D eigenvalue weighted by Crippen LogP contribution is 2.39. The summed E-state index contributed by atoms with van der Waals surface area (Å²) < 4.78 is 0. The van der Waals surface area contributed by atoms with Gasteiger partial charge in [0.2, 0.25) is 0 Å². The maximum Gasteiger partial charge on any atom is 0.336 e. The molecule has 1 aliphatic carbocycles.